The number of sulfonamides is 1. The first kappa shape index (κ1) is 48.5. The van der Waals surface area contributed by atoms with Crippen LogP contribution in [0.3, 0.4) is 0 Å². The molecule has 19 heteroatoms. The summed E-state index contributed by atoms with van der Waals surface area (Å²) in [4.78, 5) is 27.6. The number of aryl methyl sites for hydroxylation is 1. The fourth-order valence-electron chi connectivity index (χ4n) is 11.1. The summed E-state index contributed by atoms with van der Waals surface area (Å²) in [5.41, 5.74) is 2.56. The number of nitrogens with zero attached hydrogens (tertiary/aromatic N) is 6. The number of halogens is 3. The number of piperidine rings is 1. The molecule has 1 amide bonds. The molecule has 15 nitrogen and oxygen atoms in total. The minimum Gasteiger partial charge on any atom is -0.506 e. The third-order valence-corrected chi connectivity index (χ3v) is 16.4. The van der Waals surface area contributed by atoms with Gasteiger partial charge >= 0.3 is 0 Å². The van der Waals surface area contributed by atoms with Crippen LogP contribution < -0.4 is 19.7 Å². The molecule has 6 heterocycles. The van der Waals surface area contributed by atoms with Gasteiger partial charge in [-0.2, -0.15) is 5.10 Å². The Hall–Kier alpha value is -6.15. The van der Waals surface area contributed by atoms with Gasteiger partial charge in [0.1, 0.15) is 40.2 Å². The second-order valence-corrected chi connectivity index (χ2v) is 21.9. The van der Waals surface area contributed by atoms with Gasteiger partial charge in [0.25, 0.3) is 15.9 Å². The van der Waals surface area contributed by atoms with Gasteiger partial charge < -0.3 is 29.8 Å². The summed E-state index contributed by atoms with van der Waals surface area (Å²) >= 11 is 0. The van der Waals surface area contributed by atoms with Crippen LogP contribution in [-0.2, 0) is 28.4 Å². The highest BCUT2D eigenvalue weighted by Gasteiger charge is 2.50. The molecule has 4 fully saturated rings. The molecule has 6 aromatic rings. The molecule has 3 aromatic carbocycles. The Kier molecular flexibility index (Phi) is 13.3. The molecule has 4 aliphatic rings. The first-order chi connectivity index (χ1) is 34.0. The average molecular weight is 996 g/mol. The molecule has 0 radical (unpaired) electrons. The van der Waals surface area contributed by atoms with E-state index in [1.807, 2.05) is 27.5 Å². The standard InChI is InChI=1S/C52H60F3N9O6S/c1-33(2)38-6-4-5-7-39(38)46-31-62(30-34-26-59-61(3)29-34)16-17-64(46)35-24-51(25-35)10-14-63(15-11-51)45-23-48(70-36-20-40-43(54)28-57-49(40)56-27-36)41(22-42(45)53)50(66)60-71(67,68)37-8-9-44(47(65)21-37)58-32-52(55)12-18-69-19-13-52/h4-9,20-23,26-29,33,35,46,58,65H,10-19,24-25,30-32H2,1-3H3,(H,56,57)(H,60,66)/t46-/m0/s1. The van der Waals surface area contributed by atoms with Crippen LogP contribution in [0, 0.1) is 17.0 Å². The number of fused-ring (bicyclic) bond motifs is 1. The van der Waals surface area contributed by atoms with Crippen molar-refractivity contribution in [3.05, 3.63) is 119 Å². The van der Waals surface area contributed by atoms with Crippen LogP contribution in [0.25, 0.3) is 11.0 Å². The number of rotatable bonds is 14. The maximum absolute atomic E-state index is 16.5. The van der Waals surface area contributed by atoms with E-state index in [1.54, 1.807) is 0 Å². The number of phenolic OH excluding ortho intramolecular Hbond substituents is 1. The summed E-state index contributed by atoms with van der Waals surface area (Å²) in [5.74, 6) is -2.81. The minimum atomic E-state index is -4.66. The second-order valence-electron chi connectivity index (χ2n) is 20.2. The van der Waals surface area contributed by atoms with E-state index < -0.39 is 49.4 Å². The van der Waals surface area contributed by atoms with E-state index in [1.165, 1.54) is 41.1 Å². The number of phenols is 1. The summed E-state index contributed by atoms with van der Waals surface area (Å²) < 4.78 is 88.9. The third-order valence-electron chi connectivity index (χ3n) is 15.1. The van der Waals surface area contributed by atoms with Crippen LogP contribution in [0.1, 0.15) is 91.4 Å². The van der Waals surface area contributed by atoms with Gasteiger partial charge in [-0.3, -0.25) is 19.3 Å². The number of piperazine rings is 1. The smallest absolute Gasteiger partial charge is 0.268 e. The largest absolute Gasteiger partial charge is 0.506 e. The Balaban J connectivity index is 0.851. The van der Waals surface area contributed by atoms with Crippen LogP contribution in [0.15, 0.2) is 90.3 Å². The van der Waals surface area contributed by atoms with E-state index in [0.29, 0.717) is 25.0 Å². The minimum absolute atomic E-state index is 0.0274. The number of hydrogen-bond acceptors (Lipinski definition) is 12. The number of benzene rings is 3. The Morgan fingerprint density at radius 1 is 0.986 bits per heavy atom. The van der Waals surface area contributed by atoms with Crippen molar-refractivity contribution < 1.29 is 41.0 Å². The molecule has 3 saturated heterocycles. The Bertz CT molecular complexity index is 3030. The Morgan fingerprint density at radius 2 is 1.76 bits per heavy atom. The molecule has 1 aliphatic carbocycles. The molecule has 1 atom stereocenters. The lowest BCUT2D eigenvalue weighted by Gasteiger charge is -2.58. The summed E-state index contributed by atoms with van der Waals surface area (Å²) in [7, 11) is -2.71. The van der Waals surface area contributed by atoms with Gasteiger partial charge in [0, 0.05) is 121 Å². The van der Waals surface area contributed by atoms with Crippen LogP contribution in [0.2, 0.25) is 0 Å². The topological polar surface area (TPSA) is 170 Å². The number of pyridine rings is 1. The molecule has 0 bridgehead atoms. The van der Waals surface area contributed by atoms with Crippen LogP contribution in [0.4, 0.5) is 24.5 Å². The van der Waals surface area contributed by atoms with Crippen molar-refractivity contribution in [1.82, 2.24) is 34.3 Å². The van der Waals surface area contributed by atoms with Gasteiger partial charge in [-0.1, -0.05) is 38.1 Å². The first-order valence-corrected chi connectivity index (χ1v) is 25.9. The molecule has 10 rings (SSSR count). The normalized spacial score (nSPS) is 19.8. The molecule has 376 valence electrons. The molecular formula is C52H60F3N9O6S. The summed E-state index contributed by atoms with van der Waals surface area (Å²) in [6, 6.07) is 16.5. The van der Waals surface area contributed by atoms with Gasteiger partial charge in [0.15, 0.2) is 0 Å². The molecular weight excluding hydrogens is 936 g/mol. The molecule has 3 aliphatic heterocycles. The van der Waals surface area contributed by atoms with Crippen molar-refractivity contribution in [3.63, 3.8) is 0 Å². The van der Waals surface area contributed by atoms with Crippen molar-refractivity contribution in [2.24, 2.45) is 12.5 Å². The number of carbonyl (C=O) groups excluding carboxylic acids is 1. The number of aromatic hydroxyl groups is 1. The fraction of sp³-hybridized carbons (Fsp3) is 0.442. The number of nitrogens with one attached hydrogen (secondary N) is 3. The summed E-state index contributed by atoms with van der Waals surface area (Å²) in [5, 5.41) is 18.1. The SMILES string of the molecule is CC(C)c1ccccc1[C@@H]1CN(Cc2cnn(C)c2)CCN1C1CC2(CCN(c3cc(Oc4cnc5[nH]cc(F)c5c4)c(C(=O)NS(=O)(=O)c4ccc(NCC5(F)CCOCC5)c(O)c4)cc3F)CC2)C1. The third kappa shape index (κ3) is 10.2. The first-order valence-electron chi connectivity index (χ1n) is 24.4. The average Bonchev–Trinajstić information content (AvgIpc) is 3.93. The predicted molar refractivity (Wildman–Crippen MR) is 263 cm³/mol. The fourth-order valence-corrected chi connectivity index (χ4v) is 12.1. The quantitative estimate of drug-likeness (QED) is 0.0769. The van der Waals surface area contributed by atoms with E-state index in [9.17, 15) is 22.7 Å². The molecule has 4 N–H and O–H groups in total. The predicted octanol–water partition coefficient (Wildman–Crippen LogP) is 8.55. The molecule has 1 saturated carbocycles. The van der Waals surface area contributed by atoms with E-state index in [4.69, 9.17) is 9.47 Å². The highest BCUT2D eigenvalue weighted by atomic mass is 32.2. The zero-order valence-corrected chi connectivity index (χ0v) is 41.0. The van der Waals surface area contributed by atoms with E-state index in [0.717, 1.165) is 76.3 Å². The summed E-state index contributed by atoms with van der Waals surface area (Å²) in [6.07, 6.45) is 10.5. The molecule has 71 heavy (non-hydrogen) atoms. The monoisotopic (exact) mass is 995 g/mol. The van der Waals surface area contributed by atoms with Gasteiger partial charge in [0.2, 0.25) is 0 Å². The van der Waals surface area contributed by atoms with Crippen molar-refractivity contribution in [1.29, 1.82) is 0 Å². The lowest BCUT2D eigenvalue weighted by molar-refractivity contribution is -0.0628. The van der Waals surface area contributed by atoms with Crippen LogP contribution in [-0.4, -0.2) is 113 Å². The number of alkyl halides is 1. The Labute approximate surface area is 411 Å². The Morgan fingerprint density at radius 3 is 2.49 bits per heavy atom. The number of anilines is 2. The number of ether oxygens (including phenoxy) is 2. The number of amides is 1. The van der Waals surface area contributed by atoms with Crippen molar-refractivity contribution in [2.45, 2.75) is 87.5 Å². The maximum atomic E-state index is 16.5. The van der Waals surface area contributed by atoms with E-state index in [-0.39, 0.29) is 78.0 Å². The highest BCUT2D eigenvalue weighted by molar-refractivity contribution is 7.90. The summed E-state index contributed by atoms with van der Waals surface area (Å²) in [6.45, 7) is 9.65. The van der Waals surface area contributed by atoms with Crippen LogP contribution >= 0.6 is 0 Å². The van der Waals surface area contributed by atoms with Gasteiger partial charge in [-0.15, -0.1) is 0 Å². The van der Waals surface area contributed by atoms with Crippen molar-refractivity contribution >= 4 is 38.3 Å². The van der Waals surface area contributed by atoms with Crippen LogP contribution in [0.5, 0.6) is 17.2 Å². The molecule has 0 unspecified atom stereocenters. The number of aromatic nitrogens is 4. The van der Waals surface area contributed by atoms with Crippen molar-refractivity contribution in [3.8, 4) is 17.2 Å². The maximum Gasteiger partial charge on any atom is 0.268 e. The molecule has 3 aromatic heterocycles. The van der Waals surface area contributed by atoms with E-state index >= 15 is 8.78 Å². The van der Waals surface area contributed by atoms with Crippen molar-refractivity contribution in [2.75, 3.05) is 62.7 Å². The zero-order chi connectivity index (χ0) is 49.7. The number of aromatic amines is 1. The lowest BCUT2D eigenvalue weighted by Crippen LogP contribution is -2.60. The highest BCUT2D eigenvalue weighted by Crippen LogP contribution is 2.53. The molecule has 1 spiro atoms. The van der Waals surface area contributed by atoms with Gasteiger partial charge in [-0.05, 0) is 72.4 Å². The lowest BCUT2D eigenvalue weighted by atomic mass is 9.59. The number of carbonyl (C=O) groups is 1. The van der Waals surface area contributed by atoms with Gasteiger partial charge in [0.05, 0.1) is 39.6 Å². The number of H-pyrrole nitrogens is 1. The zero-order valence-electron chi connectivity index (χ0n) is 40.1. The van der Waals surface area contributed by atoms with E-state index in [2.05, 4.69) is 74.5 Å². The number of hydrogen-bond donors (Lipinski definition) is 4. The van der Waals surface area contributed by atoms with Gasteiger partial charge in [-0.25, -0.2) is 31.3 Å². The second kappa shape index (κ2) is 19.5.